The Bertz CT molecular complexity index is 1150. The van der Waals surface area contributed by atoms with Crippen molar-refractivity contribution in [3.8, 4) is 22.6 Å². The van der Waals surface area contributed by atoms with Crippen molar-refractivity contribution in [2.45, 2.75) is 26.3 Å². The third-order valence-electron chi connectivity index (χ3n) is 5.17. The average Bonchev–Trinajstić information content (AvgIpc) is 2.74. The van der Waals surface area contributed by atoms with E-state index in [1.807, 2.05) is 44.2 Å². The van der Waals surface area contributed by atoms with E-state index in [2.05, 4.69) is 23.1 Å². The molecule has 1 aromatic carbocycles. The standard InChI is InChI=1S/C23H26N6O/c1-15(2)29-19(30)12-11-18(27-29)22-20(16-8-5-4-6-9-16)26-23(24)21(25-22)17-10-7-13-28(3)14-17/h4-6,8-12,15H,7,13-14H2,1-3H3,(H2,24,26). The zero-order valence-electron chi connectivity index (χ0n) is 17.5. The van der Waals surface area contributed by atoms with Gasteiger partial charge in [-0.15, -0.1) is 0 Å². The fourth-order valence-corrected chi connectivity index (χ4v) is 3.65. The third-order valence-corrected chi connectivity index (χ3v) is 5.17. The van der Waals surface area contributed by atoms with Crippen molar-refractivity contribution < 1.29 is 0 Å². The molecule has 0 spiro atoms. The van der Waals surface area contributed by atoms with Crippen molar-refractivity contribution in [1.82, 2.24) is 24.6 Å². The van der Waals surface area contributed by atoms with E-state index < -0.39 is 0 Å². The number of likely N-dealkylation sites (N-methyl/N-ethyl adjacent to an activating group) is 1. The normalized spacial score (nSPS) is 14.7. The highest BCUT2D eigenvalue weighted by Gasteiger charge is 2.21. The van der Waals surface area contributed by atoms with Crippen LogP contribution in [0.4, 0.5) is 5.82 Å². The Morgan fingerprint density at radius 1 is 1.00 bits per heavy atom. The van der Waals surface area contributed by atoms with Gasteiger partial charge in [0.2, 0.25) is 0 Å². The summed E-state index contributed by atoms with van der Waals surface area (Å²) in [7, 11) is 2.08. The average molecular weight is 403 g/mol. The quantitative estimate of drug-likeness (QED) is 0.720. The van der Waals surface area contributed by atoms with Crippen LogP contribution in [0.25, 0.3) is 28.2 Å². The van der Waals surface area contributed by atoms with Gasteiger partial charge in [0, 0.05) is 24.7 Å². The Morgan fingerprint density at radius 3 is 2.47 bits per heavy atom. The van der Waals surface area contributed by atoms with Gasteiger partial charge < -0.3 is 10.6 Å². The molecule has 0 amide bonds. The molecule has 2 N–H and O–H groups in total. The van der Waals surface area contributed by atoms with Gasteiger partial charge in [-0.1, -0.05) is 36.4 Å². The molecule has 30 heavy (non-hydrogen) atoms. The Balaban J connectivity index is 1.95. The van der Waals surface area contributed by atoms with E-state index in [-0.39, 0.29) is 11.6 Å². The van der Waals surface area contributed by atoms with Crippen LogP contribution in [-0.2, 0) is 0 Å². The first-order valence-electron chi connectivity index (χ1n) is 10.1. The predicted molar refractivity (Wildman–Crippen MR) is 120 cm³/mol. The third kappa shape index (κ3) is 3.89. The molecule has 7 nitrogen and oxygen atoms in total. The number of hydrogen-bond acceptors (Lipinski definition) is 6. The van der Waals surface area contributed by atoms with Crippen LogP contribution in [0.3, 0.4) is 0 Å². The summed E-state index contributed by atoms with van der Waals surface area (Å²) in [4.78, 5) is 24.2. The highest BCUT2D eigenvalue weighted by Crippen LogP contribution is 2.32. The number of rotatable bonds is 4. The van der Waals surface area contributed by atoms with Crippen molar-refractivity contribution in [2.75, 3.05) is 25.9 Å². The summed E-state index contributed by atoms with van der Waals surface area (Å²) >= 11 is 0. The summed E-state index contributed by atoms with van der Waals surface area (Å²) in [5, 5.41) is 4.59. The predicted octanol–water partition coefficient (Wildman–Crippen LogP) is 3.25. The van der Waals surface area contributed by atoms with Crippen molar-refractivity contribution in [2.24, 2.45) is 0 Å². The Morgan fingerprint density at radius 2 is 1.77 bits per heavy atom. The van der Waals surface area contributed by atoms with Crippen LogP contribution in [0, 0.1) is 0 Å². The largest absolute Gasteiger partial charge is 0.382 e. The molecule has 0 radical (unpaired) electrons. The number of aromatic nitrogens is 4. The van der Waals surface area contributed by atoms with E-state index in [9.17, 15) is 4.79 Å². The number of nitrogen functional groups attached to an aromatic ring is 1. The molecule has 1 aliphatic rings. The number of hydrogen-bond donors (Lipinski definition) is 1. The van der Waals surface area contributed by atoms with E-state index in [0.717, 1.165) is 30.6 Å². The molecule has 0 saturated heterocycles. The van der Waals surface area contributed by atoms with Gasteiger partial charge in [0.15, 0.2) is 5.82 Å². The summed E-state index contributed by atoms with van der Waals surface area (Å²) in [5.41, 5.74) is 10.7. The minimum absolute atomic E-state index is 0.0615. The van der Waals surface area contributed by atoms with Crippen molar-refractivity contribution in [1.29, 1.82) is 0 Å². The lowest BCUT2D eigenvalue weighted by molar-refractivity contribution is 0.372. The maximum Gasteiger partial charge on any atom is 0.267 e. The highest BCUT2D eigenvalue weighted by molar-refractivity contribution is 5.81. The molecule has 3 heterocycles. The van der Waals surface area contributed by atoms with Crippen LogP contribution < -0.4 is 11.3 Å². The lowest BCUT2D eigenvalue weighted by atomic mass is 10.0. The van der Waals surface area contributed by atoms with Crippen LogP contribution in [0.2, 0.25) is 0 Å². The first-order valence-corrected chi connectivity index (χ1v) is 10.1. The number of nitrogens with zero attached hydrogens (tertiary/aromatic N) is 5. The molecular formula is C23H26N6O. The van der Waals surface area contributed by atoms with Crippen molar-refractivity contribution in [3.63, 3.8) is 0 Å². The molecule has 0 saturated carbocycles. The Hall–Kier alpha value is -3.32. The Kier molecular flexibility index (Phi) is 5.46. The van der Waals surface area contributed by atoms with Crippen molar-refractivity contribution in [3.05, 3.63) is 64.6 Å². The molecule has 0 atom stereocenters. The maximum absolute atomic E-state index is 12.2. The molecule has 7 heteroatoms. The summed E-state index contributed by atoms with van der Waals surface area (Å²) < 4.78 is 1.47. The van der Waals surface area contributed by atoms with Crippen LogP contribution in [0.5, 0.6) is 0 Å². The van der Waals surface area contributed by atoms with E-state index >= 15 is 0 Å². The van der Waals surface area contributed by atoms with Crippen LogP contribution in [-0.4, -0.2) is 44.8 Å². The molecule has 0 aliphatic carbocycles. The van der Waals surface area contributed by atoms with Gasteiger partial charge in [-0.05, 0) is 39.0 Å². The highest BCUT2D eigenvalue weighted by atomic mass is 16.1. The van der Waals surface area contributed by atoms with Gasteiger partial charge in [0.05, 0.1) is 6.04 Å². The molecule has 154 valence electrons. The number of anilines is 1. The molecule has 0 unspecified atom stereocenters. The maximum atomic E-state index is 12.2. The Labute approximate surface area is 175 Å². The zero-order chi connectivity index (χ0) is 21.3. The van der Waals surface area contributed by atoms with E-state index in [1.54, 1.807) is 6.07 Å². The molecule has 4 rings (SSSR count). The summed E-state index contributed by atoms with van der Waals surface area (Å²) in [5.74, 6) is 0.399. The number of nitrogens with two attached hydrogens (primary N) is 1. The molecule has 0 fully saturated rings. The monoisotopic (exact) mass is 402 g/mol. The molecule has 1 aliphatic heterocycles. The molecular weight excluding hydrogens is 376 g/mol. The van der Waals surface area contributed by atoms with Crippen LogP contribution >= 0.6 is 0 Å². The topological polar surface area (TPSA) is 89.9 Å². The SMILES string of the molecule is CC(C)n1nc(-c2nc(C3=CCCN(C)C3)c(N)nc2-c2ccccc2)ccc1=O. The summed E-state index contributed by atoms with van der Waals surface area (Å²) in [6, 6.07) is 13.0. The van der Waals surface area contributed by atoms with E-state index in [1.165, 1.54) is 10.7 Å². The second-order valence-electron chi connectivity index (χ2n) is 7.87. The van der Waals surface area contributed by atoms with E-state index in [0.29, 0.717) is 28.6 Å². The molecule has 0 bridgehead atoms. The van der Waals surface area contributed by atoms with Gasteiger partial charge in [-0.2, -0.15) is 5.10 Å². The van der Waals surface area contributed by atoms with Crippen molar-refractivity contribution >= 4 is 11.4 Å². The second kappa shape index (κ2) is 8.20. The van der Waals surface area contributed by atoms with Gasteiger partial charge in [-0.25, -0.2) is 14.6 Å². The lowest BCUT2D eigenvalue weighted by Gasteiger charge is -2.23. The van der Waals surface area contributed by atoms with Crippen LogP contribution in [0.1, 0.15) is 32.0 Å². The minimum atomic E-state index is -0.143. The van der Waals surface area contributed by atoms with E-state index in [4.69, 9.17) is 15.7 Å². The fourth-order valence-electron chi connectivity index (χ4n) is 3.65. The van der Waals surface area contributed by atoms with Gasteiger partial charge in [0.25, 0.3) is 5.56 Å². The molecule has 3 aromatic rings. The smallest absolute Gasteiger partial charge is 0.267 e. The second-order valence-corrected chi connectivity index (χ2v) is 7.87. The minimum Gasteiger partial charge on any atom is -0.382 e. The first kappa shape index (κ1) is 20.0. The van der Waals surface area contributed by atoms with Gasteiger partial charge in [-0.3, -0.25) is 4.79 Å². The summed E-state index contributed by atoms with van der Waals surface area (Å²) in [6.45, 7) is 5.63. The number of benzene rings is 1. The lowest BCUT2D eigenvalue weighted by Crippen LogP contribution is -2.26. The fraction of sp³-hybridized carbons (Fsp3) is 0.304. The zero-order valence-corrected chi connectivity index (χ0v) is 17.5. The molecule has 2 aromatic heterocycles. The van der Waals surface area contributed by atoms with Crippen LogP contribution in [0.15, 0.2) is 53.3 Å². The van der Waals surface area contributed by atoms with Gasteiger partial charge in [0.1, 0.15) is 22.8 Å². The van der Waals surface area contributed by atoms with Gasteiger partial charge >= 0.3 is 0 Å². The first-order chi connectivity index (χ1) is 14.4. The summed E-state index contributed by atoms with van der Waals surface area (Å²) in [6.07, 6.45) is 3.12.